The van der Waals surface area contributed by atoms with Gasteiger partial charge in [-0.1, -0.05) is 24.3 Å². The summed E-state index contributed by atoms with van der Waals surface area (Å²) in [5.74, 6) is -1.30. The average molecular weight is 765 g/mol. The van der Waals surface area contributed by atoms with Gasteiger partial charge in [0.1, 0.15) is 5.75 Å². The van der Waals surface area contributed by atoms with Crippen LogP contribution >= 0.6 is 0 Å². The van der Waals surface area contributed by atoms with Crippen LogP contribution in [0.15, 0.2) is 73.1 Å². The molecule has 2 heterocycles. The number of aliphatic carboxylic acids is 1. The Morgan fingerprint density at radius 3 is 1.98 bits per heavy atom. The number of carbonyl (C=O) groups excluding carboxylic acids is 1. The molecule has 18 heteroatoms. The molecule has 0 atom stereocenters. The second-order valence-electron chi connectivity index (χ2n) is 11.8. The molecule has 0 aliphatic carbocycles. The van der Waals surface area contributed by atoms with Gasteiger partial charge >= 0.3 is 48.1 Å². The van der Waals surface area contributed by atoms with Crippen LogP contribution in [-0.4, -0.2) is 48.8 Å². The Balaban J connectivity index is 0.00000627. The Kier molecular flexibility index (Phi) is 13.7. The van der Waals surface area contributed by atoms with Crippen molar-refractivity contribution in [2.45, 2.75) is 44.5 Å². The van der Waals surface area contributed by atoms with E-state index in [1.54, 1.807) is 18.2 Å². The molecule has 1 saturated heterocycles. The number of nitrogens with zero attached hydrogens (tertiary/aromatic N) is 4. The minimum atomic E-state index is -5.14. The van der Waals surface area contributed by atoms with Crippen molar-refractivity contribution in [3.63, 3.8) is 0 Å². The Morgan fingerprint density at radius 1 is 0.792 bits per heavy atom. The molecule has 4 aromatic rings. The maximum atomic E-state index is 14.1. The molecule has 0 radical (unpaired) electrons. The second-order valence-corrected chi connectivity index (χ2v) is 11.8. The van der Waals surface area contributed by atoms with Crippen LogP contribution in [0.2, 0.25) is 0 Å². The van der Waals surface area contributed by atoms with Crippen LogP contribution in [-0.2, 0) is 41.1 Å². The van der Waals surface area contributed by atoms with E-state index in [0.717, 1.165) is 12.1 Å². The molecule has 1 aromatic heterocycles. The van der Waals surface area contributed by atoms with Crippen LogP contribution < -0.4 is 49.2 Å². The molecule has 8 nitrogen and oxygen atoms in total. The van der Waals surface area contributed by atoms with E-state index in [-0.39, 0.29) is 77.9 Å². The molecule has 53 heavy (non-hydrogen) atoms. The molecule has 3 aromatic carbocycles. The number of carboxylic acid groups (broad SMARTS) is 1. The van der Waals surface area contributed by atoms with Crippen molar-refractivity contribution < 1.29 is 88.4 Å². The number of carboxylic acids is 1. The fraction of sp³-hybridized carbons (Fsp3) is 0.343. The summed E-state index contributed by atoms with van der Waals surface area (Å²) in [6, 6.07) is 10.1. The summed E-state index contributed by atoms with van der Waals surface area (Å²) in [5.41, 5.74) is -3.65. The van der Waals surface area contributed by atoms with Crippen molar-refractivity contribution in [3.8, 4) is 16.9 Å². The molecule has 0 spiro atoms. The summed E-state index contributed by atoms with van der Waals surface area (Å²) in [7, 11) is 0. The third-order valence-electron chi connectivity index (χ3n) is 8.06. The van der Waals surface area contributed by atoms with Gasteiger partial charge in [0.25, 0.3) is 0 Å². The Labute approximate surface area is 319 Å². The predicted octanol–water partition coefficient (Wildman–Crippen LogP) is 4.16. The van der Waals surface area contributed by atoms with Crippen LogP contribution in [0.25, 0.3) is 11.1 Å². The largest absolute Gasteiger partial charge is 1.00 e. The standard InChI is InChI=1S/C35H31F9N4O4.Na/c36-33(37,38)24-7-8-28(29-4-1-2-5-30(29)52-11-3-6-31(49)50)23(16-24)21-48(32-45-18-27(19-46-32)47-9-12-51-13-10-47)20-22-14-25(34(39,40)41)17-26(15-22)35(42,43)44;/h1-2,4-5,7-8,14-19H,3,6,9-13,20-21H2,(H,49,50);/q;+1/p-1. The molecule has 0 unspecified atom stereocenters. The average Bonchev–Trinajstić information content (AvgIpc) is 3.09. The van der Waals surface area contributed by atoms with Crippen LogP contribution in [0, 0.1) is 0 Å². The number of benzene rings is 3. The van der Waals surface area contributed by atoms with Gasteiger partial charge in [-0.2, -0.15) is 39.5 Å². The van der Waals surface area contributed by atoms with Gasteiger partial charge < -0.3 is 29.2 Å². The number of hydrogen-bond acceptors (Lipinski definition) is 8. The molecular weight excluding hydrogens is 734 g/mol. The zero-order valence-corrected chi connectivity index (χ0v) is 30.1. The van der Waals surface area contributed by atoms with Gasteiger partial charge in [-0.15, -0.1) is 0 Å². The number of para-hydroxylation sites is 1. The second kappa shape index (κ2) is 17.4. The fourth-order valence-corrected chi connectivity index (χ4v) is 5.57. The van der Waals surface area contributed by atoms with Crippen molar-refractivity contribution in [3.05, 3.63) is 101 Å². The molecule has 1 aliphatic rings. The van der Waals surface area contributed by atoms with E-state index in [2.05, 4.69) is 9.97 Å². The normalized spacial score (nSPS) is 13.7. The van der Waals surface area contributed by atoms with E-state index in [1.807, 2.05) is 4.90 Å². The summed E-state index contributed by atoms with van der Waals surface area (Å²) in [6.45, 7) is 0.593. The molecule has 5 rings (SSSR count). The summed E-state index contributed by atoms with van der Waals surface area (Å²) in [4.78, 5) is 22.6. The van der Waals surface area contributed by atoms with E-state index >= 15 is 0 Å². The third-order valence-corrected chi connectivity index (χ3v) is 8.06. The monoisotopic (exact) mass is 764 g/mol. The summed E-state index contributed by atoms with van der Waals surface area (Å²) in [6.07, 6.45) is -12.5. The molecule has 0 N–H and O–H groups in total. The third kappa shape index (κ3) is 11.2. The quantitative estimate of drug-likeness (QED) is 0.121. The van der Waals surface area contributed by atoms with Gasteiger partial charge in [-0.25, -0.2) is 9.97 Å². The van der Waals surface area contributed by atoms with Crippen LogP contribution in [0.1, 0.15) is 40.7 Å². The van der Waals surface area contributed by atoms with E-state index in [9.17, 15) is 49.4 Å². The fourth-order valence-electron chi connectivity index (χ4n) is 5.57. The predicted molar refractivity (Wildman–Crippen MR) is 168 cm³/mol. The number of ether oxygens (including phenoxy) is 2. The van der Waals surface area contributed by atoms with Gasteiger partial charge in [-0.3, -0.25) is 0 Å². The molecule has 1 fully saturated rings. The van der Waals surface area contributed by atoms with E-state index < -0.39 is 59.8 Å². The number of carbonyl (C=O) groups is 1. The Bertz CT molecular complexity index is 1820. The number of morpholine rings is 1. The maximum Gasteiger partial charge on any atom is 1.00 e. The number of anilines is 2. The first-order valence-corrected chi connectivity index (χ1v) is 15.8. The molecule has 0 amide bonds. The number of alkyl halides is 9. The van der Waals surface area contributed by atoms with Gasteiger partial charge in [0.2, 0.25) is 5.95 Å². The van der Waals surface area contributed by atoms with E-state index in [1.165, 1.54) is 29.4 Å². The van der Waals surface area contributed by atoms with Gasteiger partial charge in [0, 0.05) is 37.7 Å². The maximum absolute atomic E-state index is 14.1. The minimum absolute atomic E-state index is 0. The number of rotatable bonds is 12. The SMILES string of the molecule is O=C([O-])CCCOc1ccccc1-c1ccc(C(F)(F)F)cc1CN(Cc1cc(C(F)(F)F)cc(C(F)(F)F)c1)c1ncc(N2CCOCC2)cn1.[Na+]. The summed E-state index contributed by atoms with van der Waals surface area (Å²) in [5, 5.41) is 10.8. The first-order valence-electron chi connectivity index (χ1n) is 15.8. The van der Waals surface area contributed by atoms with Gasteiger partial charge in [-0.05, 0) is 65.9 Å². The topological polar surface area (TPSA) is 90.9 Å². The minimum Gasteiger partial charge on any atom is -0.550 e. The summed E-state index contributed by atoms with van der Waals surface area (Å²) < 4.78 is 136. The van der Waals surface area contributed by atoms with Gasteiger partial charge in [0.05, 0.1) is 54.6 Å². The first-order chi connectivity index (χ1) is 24.5. The first kappa shape index (κ1) is 41.7. The smallest absolute Gasteiger partial charge is 0.550 e. The number of hydrogen-bond donors (Lipinski definition) is 0. The van der Waals surface area contributed by atoms with E-state index in [4.69, 9.17) is 9.47 Å². The van der Waals surface area contributed by atoms with Crippen molar-refractivity contribution >= 4 is 17.6 Å². The zero-order valence-electron chi connectivity index (χ0n) is 28.1. The van der Waals surface area contributed by atoms with Gasteiger partial charge in [0.15, 0.2) is 0 Å². The molecule has 1 aliphatic heterocycles. The van der Waals surface area contributed by atoms with Crippen LogP contribution in [0.3, 0.4) is 0 Å². The molecule has 0 bridgehead atoms. The van der Waals surface area contributed by atoms with Crippen molar-refractivity contribution in [1.29, 1.82) is 0 Å². The Hall–Kier alpha value is -4.06. The van der Waals surface area contributed by atoms with Crippen molar-refractivity contribution in [2.75, 3.05) is 42.7 Å². The van der Waals surface area contributed by atoms with Crippen molar-refractivity contribution in [1.82, 2.24) is 9.97 Å². The van der Waals surface area contributed by atoms with Crippen LogP contribution in [0.4, 0.5) is 51.1 Å². The van der Waals surface area contributed by atoms with Crippen molar-refractivity contribution in [2.24, 2.45) is 0 Å². The molecular formula is C35H30F9N4NaO4. The zero-order chi connectivity index (χ0) is 37.7. The van der Waals surface area contributed by atoms with E-state index in [0.29, 0.717) is 49.7 Å². The number of halogens is 9. The molecule has 278 valence electrons. The molecule has 0 saturated carbocycles. The summed E-state index contributed by atoms with van der Waals surface area (Å²) >= 11 is 0. The number of aromatic nitrogens is 2. The van der Waals surface area contributed by atoms with Crippen LogP contribution in [0.5, 0.6) is 5.75 Å². The Morgan fingerprint density at radius 2 is 1.40 bits per heavy atom.